The Bertz CT molecular complexity index is 3150. The molecule has 3 fully saturated rings. The normalized spacial score (nSPS) is 17.1. The predicted octanol–water partition coefficient (Wildman–Crippen LogP) is 10.1. The van der Waals surface area contributed by atoms with Gasteiger partial charge in [-0.15, -0.1) is 11.3 Å². The molecular formula is C60H66N4O8S. The number of nitrogens with zero attached hydrogens (tertiary/aromatic N) is 4. The molecule has 380 valence electrons. The monoisotopic (exact) mass is 1000 g/mol. The molecule has 13 heteroatoms. The molecule has 2 aromatic heterocycles. The Balaban J connectivity index is 0.000000168. The van der Waals surface area contributed by atoms with E-state index in [1.54, 1.807) is 30.0 Å². The zero-order valence-electron chi connectivity index (χ0n) is 41.9. The van der Waals surface area contributed by atoms with Crippen LogP contribution in [0.5, 0.6) is 11.5 Å². The smallest absolute Gasteiger partial charge is 0.289 e. The van der Waals surface area contributed by atoms with Crippen LogP contribution in [0.1, 0.15) is 68.9 Å². The third-order valence-corrected chi connectivity index (χ3v) is 15.7. The summed E-state index contributed by atoms with van der Waals surface area (Å²) >= 11 is 1.47. The van der Waals surface area contributed by atoms with Gasteiger partial charge in [0.25, 0.3) is 11.8 Å². The van der Waals surface area contributed by atoms with Gasteiger partial charge < -0.3 is 48.4 Å². The molecule has 11 rings (SSSR count). The lowest BCUT2D eigenvalue weighted by Gasteiger charge is -2.33. The number of thiophene rings is 1. The molecule has 73 heavy (non-hydrogen) atoms. The van der Waals surface area contributed by atoms with E-state index in [9.17, 15) is 19.8 Å². The summed E-state index contributed by atoms with van der Waals surface area (Å²) in [5, 5.41) is 28.3. The van der Waals surface area contributed by atoms with Gasteiger partial charge in [0.2, 0.25) is 0 Å². The Labute approximate surface area is 431 Å². The summed E-state index contributed by atoms with van der Waals surface area (Å²) in [6.45, 7) is 7.63. The summed E-state index contributed by atoms with van der Waals surface area (Å²) < 4.78 is 24.3. The molecule has 6 aromatic carbocycles. The van der Waals surface area contributed by atoms with E-state index in [0.29, 0.717) is 78.9 Å². The van der Waals surface area contributed by atoms with Gasteiger partial charge in [0.05, 0.1) is 18.1 Å². The van der Waals surface area contributed by atoms with E-state index in [2.05, 4.69) is 94.7 Å². The SMILES string of the molecule is CN(C)C(=O)c1cc2c(OCC(O)CN3CCC(c4ccc5ccccc5c4)CC3)cccc2s1.O=C(c1cc2cccc(OCC(O)CN3CCC(c4ccc5ccccc5c4)CC3)c2o1)N1CCOCC1. The second kappa shape index (κ2) is 23.3. The first-order valence-electron chi connectivity index (χ1n) is 25.8. The first-order valence-corrected chi connectivity index (χ1v) is 26.6. The molecule has 12 nitrogen and oxygen atoms in total. The van der Waals surface area contributed by atoms with Gasteiger partial charge in [-0.05, 0) is 127 Å². The van der Waals surface area contributed by atoms with Crippen molar-refractivity contribution < 1.29 is 38.4 Å². The number of benzene rings is 6. The predicted molar refractivity (Wildman–Crippen MR) is 291 cm³/mol. The maximum Gasteiger partial charge on any atom is 0.289 e. The van der Waals surface area contributed by atoms with Crippen LogP contribution in [0, 0.1) is 0 Å². The minimum Gasteiger partial charge on any atom is -0.490 e. The molecule has 0 saturated carbocycles. The van der Waals surface area contributed by atoms with Crippen molar-refractivity contribution in [2.24, 2.45) is 0 Å². The summed E-state index contributed by atoms with van der Waals surface area (Å²) in [6, 6.07) is 45.7. The number of fused-ring (bicyclic) bond motifs is 4. The molecular weight excluding hydrogens is 937 g/mol. The molecule has 3 aliphatic rings. The number of hydrogen-bond donors (Lipinski definition) is 2. The maximum absolute atomic E-state index is 12.8. The highest BCUT2D eigenvalue weighted by Crippen LogP contribution is 2.35. The van der Waals surface area contributed by atoms with Crippen molar-refractivity contribution in [1.29, 1.82) is 0 Å². The lowest BCUT2D eigenvalue weighted by molar-refractivity contribution is 0.0284. The fourth-order valence-corrected chi connectivity index (χ4v) is 11.7. The molecule has 2 N–H and O–H groups in total. The van der Waals surface area contributed by atoms with Crippen molar-refractivity contribution in [3.05, 3.63) is 155 Å². The molecule has 0 bridgehead atoms. The van der Waals surface area contributed by atoms with Crippen molar-refractivity contribution in [1.82, 2.24) is 19.6 Å². The number of piperidine rings is 2. The molecule has 0 radical (unpaired) electrons. The Kier molecular flexibility index (Phi) is 16.0. The Hall–Kier alpha value is -6.32. The molecule has 8 aromatic rings. The van der Waals surface area contributed by atoms with Crippen molar-refractivity contribution in [3.63, 3.8) is 0 Å². The Morgan fingerprint density at radius 3 is 1.71 bits per heavy atom. The van der Waals surface area contributed by atoms with Crippen LogP contribution in [0.15, 0.2) is 138 Å². The van der Waals surface area contributed by atoms with E-state index in [1.165, 1.54) is 44.0 Å². The number of β-amino-alcohol motifs (C(OH)–C–C–N with tert-alkyl or cyclic N) is 2. The molecule has 2 amide bonds. The van der Waals surface area contributed by atoms with Crippen LogP contribution in [-0.2, 0) is 4.74 Å². The highest BCUT2D eigenvalue weighted by atomic mass is 32.1. The largest absolute Gasteiger partial charge is 0.490 e. The molecule has 3 saturated heterocycles. The summed E-state index contributed by atoms with van der Waals surface area (Å²) in [5.41, 5.74) is 3.36. The molecule has 2 atom stereocenters. The van der Waals surface area contributed by atoms with E-state index >= 15 is 0 Å². The van der Waals surface area contributed by atoms with E-state index in [0.717, 1.165) is 67.3 Å². The zero-order chi connectivity index (χ0) is 50.3. The third-order valence-electron chi connectivity index (χ3n) is 14.6. The number of para-hydroxylation sites is 1. The average molecular weight is 1000 g/mol. The number of carbonyl (C=O) groups excluding carboxylic acids is 2. The third kappa shape index (κ3) is 12.2. The minimum absolute atomic E-state index is 0.00993. The van der Waals surface area contributed by atoms with Gasteiger partial charge in [0.1, 0.15) is 31.2 Å². The molecule has 2 unspecified atom stereocenters. The van der Waals surface area contributed by atoms with Crippen molar-refractivity contribution in [2.45, 2.75) is 49.7 Å². The highest BCUT2D eigenvalue weighted by Gasteiger charge is 2.26. The number of likely N-dealkylation sites (tertiary alicyclic amines) is 2. The second-order valence-corrected chi connectivity index (χ2v) is 21.0. The molecule has 0 spiro atoms. The summed E-state index contributed by atoms with van der Waals surface area (Å²) in [7, 11) is 3.51. The second-order valence-electron chi connectivity index (χ2n) is 20.0. The van der Waals surface area contributed by atoms with Gasteiger partial charge >= 0.3 is 0 Å². The number of amides is 2. The standard InChI is InChI=1S/C31H34N2O5.C29H32N2O3S/c34-27(20-32-12-10-23(11-13-32)25-9-8-22-4-1-2-5-24(22)18-25)21-37-28-7-3-6-26-19-29(38-30(26)28)31(35)33-14-16-36-17-15-33;1-30(2)29(33)28-17-25-26(8-5-9-27(25)35-28)34-19-24(32)18-31-14-12-21(13-15-31)23-11-10-20-6-3-4-7-22(20)16-23/h1-9,18-19,23,27,34H,10-17,20-21H2;3-11,16-17,21,24,32H,12-15,18-19H2,1-2H3. The number of furan rings is 1. The fourth-order valence-electron chi connectivity index (χ4n) is 10.6. The van der Waals surface area contributed by atoms with E-state index in [1.807, 2.05) is 42.5 Å². The lowest BCUT2D eigenvalue weighted by atomic mass is 9.88. The van der Waals surface area contributed by atoms with Crippen LogP contribution >= 0.6 is 11.3 Å². The minimum atomic E-state index is -0.619. The number of ether oxygens (including phenoxy) is 3. The van der Waals surface area contributed by atoms with Crippen LogP contribution in [0.3, 0.4) is 0 Å². The van der Waals surface area contributed by atoms with Crippen LogP contribution in [0.2, 0.25) is 0 Å². The van der Waals surface area contributed by atoms with E-state index in [-0.39, 0.29) is 25.0 Å². The molecule has 3 aliphatic heterocycles. The molecule has 0 aliphatic carbocycles. The Morgan fingerprint density at radius 2 is 1.14 bits per heavy atom. The fraction of sp³-hybridized carbons (Fsp3) is 0.367. The highest BCUT2D eigenvalue weighted by molar-refractivity contribution is 7.20. The maximum atomic E-state index is 12.8. The van der Waals surface area contributed by atoms with Crippen molar-refractivity contribution >= 4 is 65.8 Å². The lowest BCUT2D eigenvalue weighted by Crippen LogP contribution is -2.40. The van der Waals surface area contributed by atoms with Crippen molar-refractivity contribution in [2.75, 3.05) is 92.9 Å². The van der Waals surface area contributed by atoms with Gasteiger partial charge in [0, 0.05) is 55.7 Å². The van der Waals surface area contributed by atoms with Gasteiger partial charge in [-0.25, -0.2) is 0 Å². The number of carbonyl (C=O) groups is 2. The van der Waals surface area contributed by atoms with Crippen LogP contribution in [0.4, 0.5) is 0 Å². The number of aliphatic hydroxyl groups excluding tert-OH is 2. The average Bonchev–Trinajstić information content (AvgIpc) is 4.08. The van der Waals surface area contributed by atoms with Gasteiger partial charge in [-0.3, -0.25) is 9.59 Å². The molecule has 5 heterocycles. The van der Waals surface area contributed by atoms with Crippen LogP contribution in [-0.4, -0.2) is 147 Å². The summed E-state index contributed by atoms with van der Waals surface area (Å²) in [5.74, 6) is 2.53. The quantitative estimate of drug-likeness (QED) is 0.109. The van der Waals surface area contributed by atoms with Gasteiger partial charge in [-0.1, -0.05) is 103 Å². The van der Waals surface area contributed by atoms with Crippen molar-refractivity contribution in [3.8, 4) is 11.5 Å². The first kappa shape index (κ1) is 50.2. The summed E-state index contributed by atoms with van der Waals surface area (Å²) in [6.07, 6.45) is 3.18. The summed E-state index contributed by atoms with van der Waals surface area (Å²) in [4.78, 5) is 33.8. The first-order chi connectivity index (χ1) is 35.6. The van der Waals surface area contributed by atoms with Gasteiger partial charge in [-0.2, -0.15) is 0 Å². The Morgan fingerprint density at radius 1 is 0.616 bits per heavy atom. The number of hydrogen-bond acceptors (Lipinski definition) is 11. The number of morpholine rings is 1. The zero-order valence-corrected chi connectivity index (χ0v) is 42.7. The van der Waals surface area contributed by atoms with Crippen LogP contribution in [0.25, 0.3) is 42.6 Å². The van der Waals surface area contributed by atoms with E-state index in [4.69, 9.17) is 18.6 Å². The van der Waals surface area contributed by atoms with E-state index < -0.39 is 12.2 Å². The van der Waals surface area contributed by atoms with Crippen LogP contribution < -0.4 is 9.47 Å². The van der Waals surface area contributed by atoms with Gasteiger partial charge in [0.15, 0.2) is 17.1 Å². The number of aliphatic hydroxyl groups is 2. The topological polar surface area (TPSA) is 128 Å². The number of rotatable bonds is 14.